The van der Waals surface area contributed by atoms with E-state index in [1.807, 2.05) is 11.0 Å². The van der Waals surface area contributed by atoms with E-state index in [4.69, 9.17) is 4.52 Å². The molecule has 1 saturated heterocycles. The molecule has 3 rings (SSSR count). The molecule has 0 spiro atoms. The van der Waals surface area contributed by atoms with Crippen molar-refractivity contribution in [1.29, 1.82) is 0 Å². The van der Waals surface area contributed by atoms with Crippen molar-refractivity contribution in [3.8, 4) is 0 Å². The van der Waals surface area contributed by atoms with Crippen LogP contribution in [0.2, 0.25) is 0 Å². The van der Waals surface area contributed by atoms with Gasteiger partial charge in [0, 0.05) is 38.2 Å². The zero-order chi connectivity index (χ0) is 11.8. The van der Waals surface area contributed by atoms with E-state index >= 15 is 0 Å². The molecule has 0 unspecified atom stereocenters. The van der Waals surface area contributed by atoms with Crippen LogP contribution in [-0.2, 0) is 0 Å². The first-order valence-electron chi connectivity index (χ1n) is 6.18. The minimum Gasteiger partial charge on any atom is -0.360 e. The monoisotopic (exact) mass is 235 g/mol. The smallest absolute Gasteiger partial charge is 0.276 e. The van der Waals surface area contributed by atoms with E-state index in [0.717, 1.165) is 44.8 Å². The molecule has 17 heavy (non-hydrogen) atoms. The van der Waals surface area contributed by atoms with Gasteiger partial charge in [-0.1, -0.05) is 5.16 Å². The van der Waals surface area contributed by atoms with Crippen LogP contribution in [-0.4, -0.2) is 54.1 Å². The maximum atomic E-state index is 12.1. The highest BCUT2D eigenvalue weighted by Crippen LogP contribution is 2.40. The van der Waals surface area contributed by atoms with E-state index in [-0.39, 0.29) is 5.91 Å². The third-order valence-corrected chi connectivity index (χ3v) is 3.52. The first-order valence-corrected chi connectivity index (χ1v) is 6.18. The van der Waals surface area contributed by atoms with Gasteiger partial charge in [0.1, 0.15) is 5.76 Å². The van der Waals surface area contributed by atoms with Gasteiger partial charge in [0.05, 0.1) is 0 Å². The number of carbonyl (C=O) groups excluding carboxylic acids is 1. The number of rotatable bonds is 2. The third-order valence-electron chi connectivity index (χ3n) is 3.52. The number of piperazine rings is 1. The molecule has 1 amide bonds. The summed E-state index contributed by atoms with van der Waals surface area (Å²) in [4.78, 5) is 16.2. The summed E-state index contributed by atoms with van der Waals surface area (Å²) < 4.78 is 5.21. The fraction of sp³-hybridized carbons (Fsp3) is 0.667. The fourth-order valence-corrected chi connectivity index (χ4v) is 2.12. The van der Waals surface area contributed by atoms with Gasteiger partial charge < -0.3 is 14.3 Å². The van der Waals surface area contributed by atoms with Crippen molar-refractivity contribution in [1.82, 2.24) is 15.0 Å². The van der Waals surface area contributed by atoms with Gasteiger partial charge in [-0.25, -0.2) is 0 Å². The Balaban J connectivity index is 1.67. The molecule has 92 valence electrons. The molecule has 1 aliphatic heterocycles. The summed E-state index contributed by atoms with van der Waals surface area (Å²) in [5.74, 6) is 1.40. The van der Waals surface area contributed by atoms with Crippen molar-refractivity contribution < 1.29 is 9.32 Å². The Morgan fingerprint density at radius 2 is 2.06 bits per heavy atom. The van der Waals surface area contributed by atoms with Gasteiger partial charge in [-0.05, 0) is 19.9 Å². The quantitative estimate of drug-likeness (QED) is 0.765. The number of aromatic nitrogens is 1. The molecule has 0 bridgehead atoms. The zero-order valence-electron chi connectivity index (χ0n) is 10.1. The van der Waals surface area contributed by atoms with Crippen LogP contribution in [0.15, 0.2) is 10.6 Å². The average Bonchev–Trinajstić information content (AvgIpc) is 3.07. The van der Waals surface area contributed by atoms with Crippen molar-refractivity contribution in [2.75, 3.05) is 33.2 Å². The number of carbonyl (C=O) groups is 1. The maximum absolute atomic E-state index is 12.1. The molecule has 1 aromatic heterocycles. The van der Waals surface area contributed by atoms with E-state index in [9.17, 15) is 4.79 Å². The Bertz CT molecular complexity index is 417. The Kier molecular flexibility index (Phi) is 2.63. The number of hydrogen-bond donors (Lipinski definition) is 0. The van der Waals surface area contributed by atoms with Gasteiger partial charge in [0.2, 0.25) is 0 Å². The van der Waals surface area contributed by atoms with Crippen LogP contribution in [0.25, 0.3) is 0 Å². The molecule has 5 nitrogen and oxygen atoms in total. The van der Waals surface area contributed by atoms with Gasteiger partial charge in [-0.2, -0.15) is 0 Å². The summed E-state index contributed by atoms with van der Waals surface area (Å²) in [7, 11) is 2.07. The lowest BCUT2D eigenvalue weighted by molar-refractivity contribution is 0.0653. The summed E-state index contributed by atoms with van der Waals surface area (Å²) >= 11 is 0. The summed E-state index contributed by atoms with van der Waals surface area (Å²) in [5.41, 5.74) is 0.469. The predicted molar refractivity (Wildman–Crippen MR) is 61.9 cm³/mol. The van der Waals surface area contributed by atoms with Crippen molar-refractivity contribution in [2.24, 2.45) is 0 Å². The van der Waals surface area contributed by atoms with E-state index in [0.29, 0.717) is 11.6 Å². The minimum atomic E-state index is 0.00810. The first kappa shape index (κ1) is 10.8. The van der Waals surface area contributed by atoms with Crippen molar-refractivity contribution in [3.05, 3.63) is 17.5 Å². The number of hydrogen-bond acceptors (Lipinski definition) is 4. The third kappa shape index (κ3) is 2.20. The molecule has 0 aromatic carbocycles. The van der Waals surface area contributed by atoms with E-state index in [2.05, 4.69) is 17.1 Å². The van der Waals surface area contributed by atoms with E-state index < -0.39 is 0 Å². The molecular formula is C12H17N3O2. The lowest BCUT2D eigenvalue weighted by Gasteiger charge is -2.31. The molecule has 0 radical (unpaired) electrons. The van der Waals surface area contributed by atoms with Crippen LogP contribution < -0.4 is 0 Å². The van der Waals surface area contributed by atoms with Crippen LogP contribution in [0.1, 0.15) is 35.0 Å². The standard InChI is InChI=1S/C12H17N3O2/c1-14-4-6-15(7-5-14)12(16)10-8-11(17-13-10)9-2-3-9/h8-9H,2-7H2,1H3. The summed E-state index contributed by atoms with van der Waals surface area (Å²) in [6, 6.07) is 1.82. The lowest BCUT2D eigenvalue weighted by atomic mass is 10.2. The molecule has 2 heterocycles. The van der Waals surface area contributed by atoms with E-state index in [1.54, 1.807) is 0 Å². The van der Waals surface area contributed by atoms with Crippen LogP contribution >= 0.6 is 0 Å². The SMILES string of the molecule is CN1CCN(C(=O)c2cc(C3CC3)on2)CC1. The van der Waals surface area contributed by atoms with Gasteiger partial charge in [0.15, 0.2) is 5.69 Å². The highest BCUT2D eigenvalue weighted by molar-refractivity contribution is 5.92. The molecule has 0 N–H and O–H groups in total. The van der Waals surface area contributed by atoms with Crippen LogP contribution in [0.5, 0.6) is 0 Å². The maximum Gasteiger partial charge on any atom is 0.276 e. The van der Waals surface area contributed by atoms with Crippen molar-refractivity contribution in [3.63, 3.8) is 0 Å². The average molecular weight is 235 g/mol. The minimum absolute atomic E-state index is 0.00810. The summed E-state index contributed by atoms with van der Waals surface area (Å²) in [6.45, 7) is 3.42. The molecule has 5 heteroatoms. The summed E-state index contributed by atoms with van der Waals surface area (Å²) in [5, 5.41) is 3.89. The largest absolute Gasteiger partial charge is 0.360 e. The zero-order valence-corrected chi connectivity index (χ0v) is 10.1. The molecule has 2 aliphatic rings. The normalized spacial score (nSPS) is 21.8. The molecule has 1 aliphatic carbocycles. The second kappa shape index (κ2) is 4.14. The predicted octanol–water partition coefficient (Wildman–Crippen LogP) is 0.940. The number of amides is 1. The molecule has 2 fully saturated rings. The lowest BCUT2D eigenvalue weighted by Crippen LogP contribution is -2.47. The summed E-state index contributed by atoms with van der Waals surface area (Å²) in [6.07, 6.45) is 2.33. The first-order chi connectivity index (χ1) is 8.24. The highest BCUT2D eigenvalue weighted by atomic mass is 16.5. The second-order valence-corrected chi connectivity index (χ2v) is 4.98. The Morgan fingerprint density at radius 1 is 1.35 bits per heavy atom. The van der Waals surface area contributed by atoms with Gasteiger partial charge in [-0.3, -0.25) is 4.79 Å². The molecule has 1 aromatic rings. The van der Waals surface area contributed by atoms with Crippen molar-refractivity contribution >= 4 is 5.91 Å². The topological polar surface area (TPSA) is 49.6 Å². The second-order valence-electron chi connectivity index (χ2n) is 4.98. The fourth-order valence-electron chi connectivity index (χ4n) is 2.12. The van der Waals surface area contributed by atoms with Gasteiger partial charge in [0.25, 0.3) is 5.91 Å². The number of nitrogens with zero attached hydrogens (tertiary/aromatic N) is 3. The van der Waals surface area contributed by atoms with Crippen LogP contribution in [0, 0.1) is 0 Å². The van der Waals surface area contributed by atoms with Crippen LogP contribution in [0.3, 0.4) is 0 Å². The van der Waals surface area contributed by atoms with E-state index in [1.165, 1.54) is 0 Å². The highest BCUT2D eigenvalue weighted by Gasteiger charge is 2.30. The molecular weight excluding hydrogens is 218 g/mol. The molecule has 0 atom stereocenters. The number of likely N-dealkylation sites (N-methyl/N-ethyl adjacent to an activating group) is 1. The van der Waals surface area contributed by atoms with Gasteiger partial charge >= 0.3 is 0 Å². The Hall–Kier alpha value is -1.36. The Labute approximate surface area is 100 Å². The van der Waals surface area contributed by atoms with Gasteiger partial charge in [-0.15, -0.1) is 0 Å². The van der Waals surface area contributed by atoms with Crippen LogP contribution in [0.4, 0.5) is 0 Å². The Morgan fingerprint density at radius 3 is 2.71 bits per heavy atom. The van der Waals surface area contributed by atoms with Crippen molar-refractivity contribution in [2.45, 2.75) is 18.8 Å². The molecule has 1 saturated carbocycles.